The van der Waals surface area contributed by atoms with Gasteiger partial charge in [-0.2, -0.15) is 4.98 Å². The second kappa shape index (κ2) is 9.77. The van der Waals surface area contributed by atoms with Crippen LogP contribution in [0.5, 0.6) is 0 Å². The van der Waals surface area contributed by atoms with Gasteiger partial charge in [0.2, 0.25) is 0 Å². The monoisotopic (exact) mass is 387 g/mol. The van der Waals surface area contributed by atoms with Gasteiger partial charge in [0.25, 0.3) is 0 Å². The van der Waals surface area contributed by atoms with Gasteiger partial charge < -0.3 is 19.7 Å². The summed E-state index contributed by atoms with van der Waals surface area (Å²) in [5.74, 6) is -1.58. The quantitative estimate of drug-likeness (QED) is 0.578. The molecule has 10 heteroatoms. The zero-order valence-corrected chi connectivity index (χ0v) is 15.4. The number of halogens is 1. The zero-order valence-electron chi connectivity index (χ0n) is 15.4. The number of aliphatic hydroxyl groups is 2. The van der Waals surface area contributed by atoms with Crippen LogP contribution in [0.3, 0.4) is 0 Å². The van der Waals surface area contributed by atoms with Crippen LogP contribution in [-0.4, -0.2) is 50.8 Å². The van der Waals surface area contributed by atoms with E-state index in [0.717, 1.165) is 36.4 Å². The van der Waals surface area contributed by atoms with Crippen LogP contribution in [0, 0.1) is 5.82 Å². The van der Waals surface area contributed by atoms with Crippen molar-refractivity contribution < 1.29 is 28.9 Å². The summed E-state index contributed by atoms with van der Waals surface area (Å²) in [5, 5.41) is 21.7. The summed E-state index contributed by atoms with van der Waals surface area (Å²) in [4.78, 5) is 27.3. The van der Waals surface area contributed by atoms with Crippen molar-refractivity contribution in [2.45, 2.75) is 70.5 Å². The number of aromatic nitrogens is 2. The molecule has 2 heterocycles. The molecular formula is C17H26FN3O6. The standard InChI is InChI=1S/C17H26FN3O6/c1-3-4-5-6-7-8-26-17(25)20-14-11(18)9-21(16(24)19-14)15-13(23)12(22)10(2)27-15/h9-10,12-13,15,22-23H,3-8H2,1-2H3,(H,19,20,24,25)/t10-,12?,13?,15-/m1/s1. The topological polar surface area (TPSA) is 123 Å². The van der Waals surface area contributed by atoms with E-state index in [4.69, 9.17) is 9.47 Å². The molecule has 2 rings (SSSR count). The first-order valence-corrected chi connectivity index (χ1v) is 9.09. The molecule has 0 aliphatic carbocycles. The molecule has 2 unspecified atom stereocenters. The molecule has 3 N–H and O–H groups in total. The third kappa shape index (κ3) is 5.47. The van der Waals surface area contributed by atoms with Gasteiger partial charge in [-0.3, -0.25) is 9.88 Å². The molecule has 1 aliphatic rings. The maximum atomic E-state index is 14.2. The van der Waals surface area contributed by atoms with Crippen LogP contribution in [0.1, 0.15) is 52.2 Å². The Morgan fingerprint density at radius 2 is 2.04 bits per heavy atom. The number of anilines is 1. The van der Waals surface area contributed by atoms with Gasteiger partial charge in [-0.25, -0.2) is 14.0 Å². The summed E-state index contributed by atoms with van der Waals surface area (Å²) >= 11 is 0. The average Bonchev–Trinajstić information content (AvgIpc) is 2.88. The van der Waals surface area contributed by atoms with Crippen molar-refractivity contribution >= 4 is 11.9 Å². The molecule has 0 spiro atoms. The minimum atomic E-state index is -1.41. The summed E-state index contributed by atoms with van der Waals surface area (Å²) in [6.07, 6.45) is 0.137. The van der Waals surface area contributed by atoms with Gasteiger partial charge >= 0.3 is 11.8 Å². The van der Waals surface area contributed by atoms with Gasteiger partial charge in [0, 0.05) is 0 Å². The van der Waals surface area contributed by atoms with Gasteiger partial charge in [0.05, 0.1) is 18.9 Å². The molecule has 1 aliphatic heterocycles. The zero-order chi connectivity index (χ0) is 20.0. The third-order valence-electron chi connectivity index (χ3n) is 4.36. The van der Waals surface area contributed by atoms with Gasteiger partial charge in [-0.05, 0) is 13.3 Å². The summed E-state index contributed by atoms with van der Waals surface area (Å²) in [5.41, 5.74) is -0.948. The van der Waals surface area contributed by atoms with E-state index < -0.39 is 48.0 Å². The summed E-state index contributed by atoms with van der Waals surface area (Å²) in [7, 11) is 0. The average molecular weight is 387 g/mol. The smallest absolute Gasteiger partial charge is 0.412 e. The van der Waals surface area contributed by atoms with E-state index in [2.05, 4.69) is 17.2 Å². The molecule has 152 valence electrons. The largest absolute Gasteiger partial charge is 0.449 e. The molecule has 1 saturated heterocycles. The van der Waals surface area contributed by atoms with Crippen molar-refractivity contribution in [1.82, 2.24) is 9.55 Å². The number of nitrogens with zero attached hydrogens (tertiary/aromatic N) is 2. The molecule has 1 fully saturated rings. The molecular weight excluding hydrogens is 361 g/mol. The Morgan fingerprint density at radius 1 is 1.33 bits per heavy atom. The van der Waals surface area contributed by atoms with Crippen LogP contribution in [-0.2, 0) is 9.47 Å². The fraction of sp³-hybridized carbons (Fsp3) is 0.706. The highest BCUT2D eigenvalue weighted by Gasteiger charge is 2.42. The Labute approximate surface area is 156 Å². The molecule has 1 amide bonds. The SMILES string of the molecule is CCCCCCCOC(=O)Nc1nc(=O)n([C@@H]2O[C@H](C)C(O)C2O)cc1F. The van der Waals surface area contributed by atoms with Gasteiger partial charge in [-0.15, -0.1) is 0 Å². The summed E-state index contributed by atoms with van der Waals surface area (Å²) in [6, 6.07) is 0. The fourth-order valence-corrected chi connectivity index (χ4v) is 2.78. The number of aliphatic hydroxyl groups excluding tert-OH is 2. The third-order valence-corrected chi connectivity index (χ3v) is 4.36. The van der Waals surface area contributed by atoms with E-state index >= 15 is 0 Å². The van der Waals surface area contributed by atoms with E-state index in [9.17, 15) is 24.2 Å². The second-order valence-corrected chi connectivity index (χ2v) is 6.52. The molecule has 9 nitrogen and oxygen atoms in total. The Balaban J connectivity index is 1.95. The number of hydrogen-bond acceptors (Lipinski definition) is 7. The highest BCUT2D eigenvalue weighted by atomic mass is 19.1. The molecule has 4 atom stereocenters. The first-order chi connectivity index (χ1) is 12.8. The van der Waals surface area contributed by atoms with Crippen LogP contribution in [0.25, 0.3) is 0 Å². The van der Waals surface area contributed by atoms with Crippen molar-refractivity contribution in [3.63, 3.8) is 0 Å². The van der Waals surface area contributed by atoms with Crippen molar-refractivity contribution in [3.05, 3.63) is 22.5 Å². The van der Waals surface area contributed by atoms with Crippen LogP contribution >= 0.6 is 0 Å². The number of hydrogen-bond donors (Lipinski definition) is 3. The highest BCUT2D eigenvalue weighted by Crippen LogP contribution is 2.28. The van der Waals surface area contributed by atoms with Crippen molar-refractivity contribution in [1.29, 1.82) is 0 Å². The highest BCUT2D eigenvalue weighted by molar-refractivity contribution is 5.83. The Kier molecular flexibility index (Phi) is 7.69. The molecule has 1 aromatic heterocycles. The number of rotatable bonds is 8. The maximum absolute atomic E-state index is 14.2. The second-order valence-electron chi connectivity index (χ2n) is 6.52. The van der Waals surface area contributed by atoms with Crippen LogP contribution in [0.15, 0.2) is 11.0 Å². The van der Waals surface area contributed by atoms with Gasteiger partial charge in [-0.1, -0.05) is 32.6 Å². The minimum Gasteiger partial charge on any atom is -0.449 e. The van der Waals surface area contributed by atoms with E-state index in [-0.39, 0.29) is 6.61 Å². The Bertz CT molecular complexity index is 698. The van der Waals surface area contributed by atoms with Crippen molar-refractivity contribution in [3.8, 4) is 0 Å². The lowest BCUT2D eigenvalue weighted by Gasteiger charge is -2.17. The maximum Gasteiger partial charge on any atom is 0.412 e. The Hall–Kier alpha value is -2.04. The number of nitrogens with one attached hydrogen (secondary N) is 1. The normalized spacial score (nSPS) is 24.8. The van der Waals surface area contributed by atoms with E-state index in [0.29, 0.717) is 6.42 Å². The number of amides is 1. The van der Waals surface area contributed by atoms with Crippen molar-refractivity contribution in [2.75, 3.05) is 11.9 Å². The van der Waals surface area contributed by atoms with Crippen molar-refractivity contribution in [2.24, 2.45) is 0 Å². The number of unbranched alkanes of at least 4 members (excludes halogenated alkanes) is 4. The van der Waals surface area contributed by atoms with E-state index in [1.807, 2.05) is 0 Å². The fourth-order valence-electron chi connectivity index (χ4n) is 2.78. The lowest BCUT2D eigenvalue weighted by molar-refractivity contribution is -0.0355. The predicted molar refractivity (Wildman–Crippen MR) is 93.8 cm³/mol. The van der Waals surface area contributed by atoms with E-state index in [1.54, 1.807) is 0 Å². The lowest BCUT2D eigenvalue weighted by atomic mass is 10.1. The molecule has 0 aromatic carbocycles. The van der Waals surface area contributed by atoms with E-state index in [1.165, 1.54) is 6.92 Å². The van der Waals surface area contributed by atoms with Crippen LogP contribution in [0.4, 0.5) is 15.0 Å². The molecule has 0 saturated carbocycles. The lowest BCUT2D eigenvalue weighted by Crippen LogP contribution is -2.36. The molecule has 27 heavy (non-hydrogen) atoms. The predicted octanol–water partition coefficient (Wildman–Crippen LogP) is 1.54. The van der Waals surface area contributed by atoms with Crippen LogP contribution in [0.2, 0.25) is 0 Å². The van der Waals surface area contributed by atoms with Gasteiger partial charge in [0.1, 0.15) is 12.2 Å². The number of carbonyl (C=O) groups excluding carboxylic acids is 1. The first kappa shape index (κ1) is 21.3. The molecule has 1 aromatic rings. The molecule has 0 radical (unpaired) electrons. The van der Waals surface area contributed by atoms with Gasteiger partial charge in [0.15, 0.2) is 17.9 Å². The minimum absolute atomic E-state index is 0.187. The molecule has 0 bridgehead atoms. The summed E-state index contributed by atoms with van der Waals surface area (Å²) < 4.78 is 25.1. The number of carbonyl (C=O) groups is 1. The number of ether oxygens (including phenoxy) is 2. The van der Waals surface area contributed by atoms with Crippen LogP contribution < -0.4 is 11.0 Å². The first-order valence-electron chi connectivity index (χ1n) is 9.09. The Morgan fingerprint density at radius 3 is 2.67 bits per heavy atom. The summed E-state index contributed by atoms with van der Waals surface area (Å²) in [6.45, 7) is 3.80.